The van der Waals surface area contributed by atoms with Crippen LogP contribution in [0.15, 0.2) is 35.5 Å². The molecule has 124 valence electrons. The number of aryl methyl sites for hydroxylation is 2. The van der Waals surface area contributed by atoms with Crippen LogP contribution in [0.1, 0.15) is 11.4 Å². The van der Waals surface area contributed by atoms with Gasteiger partial charge in [0.15, 0.2) is 0 Å². The summed E-state index contributed by atoms with van der Waals surface area (Å²) in [5.74, 6) is 1.32. The van der Waals surface area contributed by atoms with Crippen molar-refractivity contribution in [1.82, 2.24) is 19.6 Å². The minimum Gasteiger partial charge on any atom is -0.497 e. The number of anilines is 1. The van der Waals surface area contributed by atoms with E-state index < -0.39 is 0 Å². The molecule has 0 bridgehead atoms. The molecule has 1 aromatic carbocycles. The largest absolute Gasteiger partial charge is 0.497 e. The number of benzene rings is 1. The molecule has 0 aliphatic carbocycles. The van der Waals surface area contributed by atoms with E-state index >= 15 is 0 Å². The summed E-state index contributed by atoms with van der Waals surface area (Å²) in [4.78, 5) is 20.7. The highest BCUT2D eigenvalue weighted by Gasteiger charge is 2.11. The highest BCUT2D eigenvalue weighted by Crippen LogP contribution is 2.19. The molecular formula is C16H17N5O2S. The minimum atomic E-state index is -0.132. The molecule has 1 amide bonds. The number of fused-ring (bicyclic) bond motifs is 1. The molecule has 0 aliphatic heterocycles. The second kappa shape index (κ2) is 6.88. The first kappa shape index (κ1) is 16.3. The maximum atomic E-state index is 12.1. The van der Waals surface area contributed by atoms with Gasteiger partial charge in [0.05, 0.1) is 12.9 Å². The van der Waals surface area contributed by atoms with Crippen molar-refractivity contribution in [2.75, 3.05) is 18.2 Å². The molecule has 2 heterocycles. The first-order valence-electron chi connectivity index (χ1n) is 7.33. The average molecular weight is 343 g/mol. The number of nitrogens with one attached hydrogen (secondary N) is 1. The molecule has 0 atom stereocenters. The Morgan fingerprint density at radius 3 is 2.92 bits per heavy atom. The molecule has 0 unspecified atom stereocenters. The van der Waals surface area contributed by atoms with Gasteiger partial charge in [0.2, 0.25) is 11.1 Å². The van der Waals surface area contributed by atoms with Gasteiger partial charge >= 0.3 is 0 Å². The quantitative estimate of drug-likeness (QED) is 0.717. The van der Waals surface area contributed by atoms with E-state index in [9.17, 15) is 4.79 Å². The second-order valence-electron chi connectivity index (χ2n) is 5.21. The topological polar surface area (TPSA) is 81.4 Å². The Hall–Kier alpha value is -2.61. The maximum absolute atomic E-state index is 12.1. The van der Waals surface area contributed by atoms with Crippen LogP contribution in [0.3, 0.4) is 0 Å². The summed E-state index contributed by atoms with van der Waals surface area (Å²) in [5.41, 5.74) is 2.54. The fourth-order valence-electron chi connectivity index (χ4n) is 2.24. The molecule has 1 N–H and O–H groups in total. The van der Waals surface area contributed by atoms with Gasteiger partial charge in [-0.15, -0.1) is 5.10 Å². The molecule has 0 aliphatic rings. The normalized spacial score (nSPS) is 10.8. The van der Waals surface area contributed by atoms with E-state index in [1.165, 1.54) is 11.8 Å². The SMILES string of the molecule is COc1cccc(NC(=O)CSc2nc3nc(C)cc(C)n3n2)c1. The Kier molecular flexibility index (Phi) is 4.66. The summed E-state index contributed by atoms with van der Waals surface area (Å²) in [5, 5.41) is 7.71. The fourth-order valence-corrected chi connectivity index (χ4v) is 2.86. The smallest absolute Gasteiger partial charge is 0.253 e. The summed E-state index contributed by atoms with van der Waals surface area (Å²) in [7, 11) is 1.59. The zero-order valence-electron chi connectivity index (χ0n) is 13.6. The molecule has 24 heavy (non-hydrogen) atoms. The molecule has 8 heteroatoms. The second-order valence-corrected chi connectivity index (χ2v) is 6.16. The molecule has 0 spiro atoms. The average Bonchev–Trinajstić information content (AvgIpc) is 2.96. The lowest BCUT2D eigenvalue weighted by molar-refractivity contribution is -0.113. The van der Waals surface area contributed by atoms with E-state index in [0.29, 0.717) is 22.4 Å². The van der Waals surface area contributed by atoms with E-state index in [0.717, 1.165) is 11.4 Å². The van der Waals surface area contributed by atoms with Crippen LogP contribution in [0.2, 0.25) is 0 Å². The van der Waals surface area contributed by atoms with E-state index in [1.807, 2.05) is 38.1 Å². The number of thioether (sulfide) groups is 1. The molecule has 0 radical (unpaired) electrons. The van der Waals surface area contributed by atoms with Crippen molar-refractivity contribution in [3.63, 3.8) is 0 Å². The molecule has 0 saturated heterocycles. The zero-order valence-corrected chi connectivity index (χ0v) is 14.4. The van der Waals surface area contributed by atoms with Gasteiger partial charge < -0.3 is 10.1 Å². The van der Waals surface area contributed by atoms with Crippen molar-refractivity contribution in [2.24, 2.45) is 0 Å². The van der Waals surface area contributed by atoms with E-state index in [-0.39, 0.29) is 11.7 Å². The van der Waals surface area contributed by atoms with Crippen molar-refractivity contribution in [3.8, 4) is 5.75 Å². The standard InChI is InChI=1S/C16H17N5O2S/c1-10-7-11(2)21-15(17-10)19-16(20-21)24-9-14(22)18-12-5-4-6-13(8-12)23-3/h4-8H,9H2,1-3H3,(H,18,22). The van der Waals surface area contributed by atoms with Crippen LogP contribution in [0, 0.1) is 13.8 Å². The lowest BCUT2D eigenvalue weighted by atomic mass is 10.3. The summed E-state index contributed by atoms with van der Waals surface area (Å²) in [6.45, 7) is 3.86. The van der Waals surface area contributed by atoms with Crippen LogP contribution in [0.25, 0.3) is 5.78 Å². The highest BCUT2D eigenvalue weighted by atomic mass is 32.2. The van der Waals surface area contributed by atoms with Crippen LogP contribution >= 0.6 is 11.8 Å². The van der Waals surface area contributed by atoms with Crippen LogP contribution in [0.4, 0.5) is 5.69 Å². The third-order valence-electron chi connectivity index (χ3n) is 3.28. The van der Waals surface area contributed by atoms with Crippen LogP contribution in [-0.4, -0.2) is 38.4 Å². The van der Waals surface area contributed by atoms with Crippen molar-refractivity contribution in [1.29, 1.82) is 0 Å². The predicted molar refractivity (Wildman–Crippen MR) is 92.6 cm³/mol. The lowest BCUT2D eigenvalue weighted by Gasteiger charge is -2.06. The van der Waals surface area contributed by atoms with Gasteiger partial charge in [-0.1, -0.05) is 17.8 Å². The minimum absolute atomic E-state index is 0.132. The number of methoxy groups -OCH3 is 1. The lowest BCUT2D eigenvalue weighted by Crippen LogP contribution is -2.14. The van der Waals surface area contributed by atoms with Gasteiger partial charge in [0, 0.05) is 23.1 Å². The number of carbonyl (C=O) groups is 1. The first-order valence-corrected chi connectivity index (χ1v) is 8.31. The Bertz CT molecular complexity index is 893. The predicted octanol–water partition coefficient (Wildman–Crippen LogP) is 2.48. The maximum Gasteiger partial charge on any atom is 0.253 e. The van der Waals surface area contributed by atoms with Crippen molar-refractivity contribution in [2.45, 2.75) is 19.0 Å². The Labute approximate surface area is 143 Å². The third-order valence-corrected chi connectivity index (χ3v) is 4.12. The number of rotatable bonds is 5. The highest BCUT2D eigenvalue weighted by molar-refractivity contribution is 7.99. The van der Waals surface area contributed by atoms with Gasteiger partial charge in [0.25, 0.3) is 5.78 Å². The number of carbonyl (C=O) groups excluding carboxylic acids is 1. The first-order chi connectivity index (χ1) is 11.5. The Morgan fingerprint density at radius 1 is 1.29 bits per heavy atom. The summed E-state index contributed by atoms with van der Waals surface area (Å²) in [6, 6.07) is 9.15. The zero-order chi connectivity index (χ0) is 17.1. The van der Waals surface area contributed by atoms with E-state index in [2.05, 4.69) is 20.4 Å². The van der Waals surface area contributed by atoms with Crippen LogP contribution in [0.5, 0.6) is 5.75 Å². The number of ether oxygens (including phenoxy) is 1. The molecule has 2 aromatic heterocycles. The Morgan fingerprint density at radius 2 is 2.12 bits per heavy atom. The van der Waals surface area contributed by atoms with Crippen LogP contribution < -0.4 is 10.1 Å². The molecule has 0 fully saturated rings. The number of hydrogen-bond donors (Lipinski definition) is 1. The summed E-state index contributed by atoms with van der Waals surface area (Å²) >= 11 is 1.27. The van der Waals surface area contributed by atoms with Gasteiger partial charge in [-0.25, -0.2) is 9.50 Å². The number of aromatic nitrogens is 4. The fraction of sp³-hybridized carbons (Fsp3) is 0.250. The summed E-state index contributed by atoms with van der Waals surface area (Å²) in [6.07, 6.45) is 0. The number of hydrogen-bond acceptors (Lipinski definition) is 6. The van der Waals surface area contributed by atoms with Gasteiger partial charge in [-0.2, -0.15) is 4.98 Å². The van der Waals surface area contributed by atoms with E-state index in [1.54, 1.807) is 17.7 Å². The van der Waals surface area contributed by atoms with Gasteiger partial charge in [-0.05, 0) is 32.0 Å². The molecule has 7 nitrogen and oxygen atoms in total. The van der Waals surface area contributed by atoms with E-state index in [4.69, 9.17) is 4.74 Å². The third kappa shape index (κ3) is 3.65. The molecule has 0 saturated carbocycles. The summed E-state index contributed by atoms with van der Waals surface area (Å²) < 4.78 is 6.81. The number of nitrogens with zero attached hydrogens (tertiary/aromatic N) is 4. The molecular weight excluding hydrogens is 326 g/mol. The molecule has 3 aromatic rings. The van der Waals surface area contributed by atoms with Gasteiger partial charge in [0.1, 0.15) is 5.75 Å². The number of amides is 1. The Balaban J connectivity index is 1.64. The molecule has 3 rings (SSSR count). The van der Waals surface area contributed by atoms with Crippen LogP contribution in [-0.2, 0) is 4.79 Å². The van der Waals surface area contributed by atoms with Crippen molar-refractivity contribution in [3.05, 3.63) is 41.7 Å². The van der Waals surface area contributed by atoms with Gasteiger partial charge in [-0.3, -0.25) is 4.79 Å². The monoisotopic (exact) mass is 343 g/mol. The van der Waals surface area contributed by atoms with Crippen molar-refractivity contribution >= 4 is 29.1 Å². The van der Waals surface area contributed by atoms with Crippen molar-refractivity contribution < 1.29 is 9.53 Å².